The molecule has 0 aromatic heterocycles. The first-order valence-corrected chi connectivity index (χ1v) is 8.00. The first kappa shape index (κ1) is 13.8. The minimum absolute atomic E-state index is 0.581. The molecule has 5 nitrogen and oxygen atoms in total. The van der Waals surface area contributed by atoms with Crippen molar-refractivity contribution in [2.24, 2.45) is 0 Å². The van der Waals surface area contributed by atoms with Crippen LogP contribution in [-0.2, 0) is 0 Å². The van der Waals surface area contributed by atoms with Gasteiger partial charge in [0.05, 0.1) is 0 Å². The van der Waals surface area contributed by atoms with E-state index < -0.39 is 0 Å². The molecule has 0 atom stereocenters. The van der Waals surface area contributed by atoms with E-state index in [4.69, 9.17) is 28.7 Å². The average molecular weight is 327 g/mol. The molecule has 0 aliphatic rings. The number of benzene rings is 5. The van der Waals surface area contributed by atoms with E-state index in [9.17, 15) is 0 Å². The molecule has 0 bridgehead atoms. The van der Waals surface area contributed by atoms with Gasteiger partial charge in [0.15, 0.2) is 0 Å². The van der Waals surface area contributed by atoms with E-state index >= 15 is 0 Å². The molecule has 10 N–H and O–H groups in total. The molecule has 0 radical (unpaired) electrons. The smallest absolute Gasteiger partial charge is 0.0495 e. The molecule has 5 aromatic carbocycles. The van der Waals surface area contributed by atoms with Crippen LogP contribution in [0.2, 0.25) is 0 Å². The maximum Gasteiger partial charge on any atom is 0.0495 e. The predicted octanol–water partition coefficient (Wildman–Crippen LogP) is 3.65. The van der Waals surface area contributed by atoms with E-state index in [2.05, 4.69) is 6.07 Å². The Bertz CT molecular complexity index is 1320. The summed E-state index contributed by atoms with van der Waals surface area (Å²) in [5, 5.41) is 7.78. The number of anilines is 5. The van der Waals surface area contributed by atoms with Crippen LogP contribution >= 0.6 is 0 Å². The molecule has 0 fully saturated rings. The molecule has 0 saturated heterocycles. The van der Waals surface area contributed by atoms with Gasteiger partial charge in [-0.15, -0.1) is 0 Å². The number of rotatable bonds is 0. The van der Waals surface area contributed by atoms with E-state index in [1.807, 2.05) is 24.3 Å². The second-order valence-electron chi connectivity index (χ2n) is 6.57. The van der Waals surface area contributed by atoms with Crippen LogP contribution in [0.1, 0.15) is 0 Å². The number of nitrogen functional groups attached to an aromatic ring is 5. The topological polar surface area (TPSA) is 130 Å². The summed E-state index contributed by atoms with van der Waals surface area (Å²) in [6.07, 6.45) is 0. The lowest BCUT2D eigenvalue weighted by atomic mass is 9.88. The van der Waals surface area contributed by atoms with Gasteiger partial charge >= 0.3 is 0 Å². The molecule has 5 heteroatoms. The van der Waals surface area contributed by atoms with Gasteiger partial charge in [0.25, 0.3) is 0 Å². The van der Waals surface area contributed by atoms with E-state index in [-0.39, 0.29) is 0 Å². The highest BCUT2D eigenvalue weighted by molar-refractivity contribution is 6.36. The second kappa shape index (κ2) is 4.27. The monoisotopic (exact) mass is 327 g/mol. The summed E-state index contributed by atoms with van der Waals surface area (Å²) in [4.78, 5) is 0. The van der Waals surface area contributed by atoms with Gasteiger partial charge in [0.1, 0.15) is 0 Å². The van der Waals surface area contributed by atoms with Gasteiger partial charge in [-0.25, -0.2) is 0 Å². The molecule has 0 heterocycles. The van der Waals surface area contributed by atoms with Crippen molar-refractivity contribution in [1.82, 2.24) is 0 Å². The van der Waals surface area contributed by atoms with Crippen LogP contribution in [0, 0.1) is 0 Å². The zero-order valence-electron chi connectivity index (χ0n) is 13.4. The standard InChI is InChI=1S/C20H17N5/c21-8-5-13-9-1-2-10-14(22)7-15(23)11-3-4-12(17(9)18(10)11)20(25)19(13)16(24)6-8/h1-7H,21-25H2. The number of hydrogen-bond donors (Lipinski definition) is 5. The Kier molecular flexibility index (Phi) is 2.36. The van der Waals surface area contributed by atoms with Crippen molar-refractivity contribution in [2.45, 2.75) is 0 Å². The summed E-state index contributed by atoms with van der Waals surface area (Å²) in [7, 11) is 0. The van der Waals surface area contributed by atoms with Gasteiger partial charge < -0.3 is 28.7 Å². The molecule has 5 rings (SSSR count). The lowest BCUT2D eigenvalue weighted by Gasteiger charge is -2.18. The Balaban J connectivity index is 2.22. The summed E-state index contributed by atoms with van der Waals surface area (Å²) < 4.78 is 0. The fourth-order valence-electron chi connectivity index (χ4n) is 4.08. The van der Waals surface area contributed by atoms with Crippen LogP contribution in [-0.4, -0.2) is 0 Å². The minimum atomic E-state index is 0.581. The van der Waals surface area contributed by atoms with Crippen molar-refractivity contribution >= 4 is 71.5 Å². The molecular weight excluding hydrogens is 310 g/mol. The Morgan fingerprint density at radius 1 is 0.440 bits per heavy atom. The van der Waals surface area contributed by atoms with Crippen LogP contribution in [0.15, 0.2) is 42.5 Å². The van der Waals surface area contributed by atoms with E-state index in [0.29, 0.717) is 28.4 Å². The lowest BCUT2D eigenvalue weighted by molar-refractivity contribution is 1.72. The van der Waals surface area contributed by atoms with Crippen molar-refractivity contribution in [2.75, 3.05) is 28.7 Å². The van der Waals surface area contributed by atoms with Crippen molar-refractivity contribution < 1.29 is 0 Å². The predicted molar refractivity (Wildman–Crippen MR) is 110 cm³/mol. The highest BCUT2D eigenvalue weighted by atomic mass is 14.6. The molecule has 25 heavy (non-hydrogen) atoms. The maximum atomic E-state index is 6.51. The Morgan fingerprint density at radius 3 is 1.68 bits per heavy atom. The third-order valence-corrected chi connectivity index (χ3v) is 5.13. The third-order valence-electron chi connectivity index (χ3n) is 5.13. The number of hydrogen-bond acceptors (Lipinski definition) is 5. The van der Waals surface area contributed by atoms with Crippen LogP contribution in [0.4, 0.5) is 28.4 Å². The summed E-state index contributed by atoms with van der Waals surface area (Å²) >= 11 is 0. The number of fused-ring (bicyclic) bond motifs is 2. The zero-order chi connectivity index (χ0) is 17.5. The van der Waals surface area contributed by atoms with E-state index in [1.54, 1.807) is 12.1 Å². The Hall–Kier alpha value is -3.60. The second-order valence-corrected chi connectivity index (χ2v) is 6.57. The molecule has 0 amide bonds. The van der Waals surface area contributed by atoms with Gasteiger partial charge in [-0.3, -0.25) is 0 Å². The highest BCUT2D eigenvalue weighted by Gasteiger charge is 2.18. The molecule has 0 saturated carbocycles. The van der Waals surface area contributed by atoms with E-state index in [0.717, 1.165) is 43.1 Å². The van der Waals surface area contributed by atoms with E-state index in [1.165, 1.54) is 0 Å². The Morgan fingerprint density at radius 2 is 1.00 bits per heavy atom. The zero-order valence-corrected chi connectivity index (χ0v) is 13.4. The van der Waals surface area contributed by atoms with Crippen LogP contribution in [0.25, 0.3) is 43.1 Å². The van der Waals surface area contributed by atoms with Crippen molar-refractivity contribution in [3.8, 4) is 0 Å². The average Bonchev–Trinajstić information content (AvgIpc) is 2.57. The molecule has 0 spiro atoms. The summed E-state index contributed by atoms with van der Waals surface area (Å²) in [5.41, 5.74) is 34.4. The molecule has 122 valence electrons. The van der Waals surface area contributed by atoms with Crippen LogP contribution in [0.3, 0.4) is 0 Å². The first-order valence-electron chi connectivity index (χ1n) is 8.00. The molecule has 0 aliphatic carbocycles. The van der Waals surface area contributed by atoms with Crippen LogP contribution in [0.5, 0.6) is 0 Å². The Labute approximate surface area is 143 Å². The molecule has 0 aliphatic heterocycles. The largest absolute Gasteiger partial charge is 0.399 e. The SMILES string of the molecule is Nc1cc(N)c2c(N)c3ccc4c(N)cc(N)c5ccc(c2c1)c3c45. The first-order chi connectivity index (χ1) is 12.0. The van der Waals surface area contributed by atoms with Gasteiger partial charge in [-0.1, -0.05) is 24.3 Å². The molecular formula is C20H17N5. The van der Waals surface area contributed by atoms with Gasteiger partial charge in [-0.05, 0) is 29.0 Å². The number of nitrogens with two attached hydrogens (primary N) is 5. The van der Waals surface area contributed by atoms with Crippen molar-refractivity contribution in [3.05, 3.63) is 42.5 Å². The van der Waals surface area contributed by atoms with Gasteiger partial charge in [0.2, 0.25) is 0 Å². The highest BCUT2D eigenvalue weighted by Crippen LogP contribution is 2.46. The minimum Gasteiger partial charge on any atom is -0.399 e. The lowest BCUT2D eigenvalue weighted by Crippen LogP contribution is -2.00. The fraction of sp³-hybridized carbons (Fsp3) is 0. The maximum absolute atomic E-state index is 6.51. The summed E-state index contributed by atoms with van der Waals surface area (Å²) in [5.74, 6) is 0. The van der Waals surface area contributed by atoms with Crippen molar-refractivity contribution in [3.63, 3.8) is 0 Å². The third kappa shape index (κ3) is 1.57. The fourth-order valence-corrected chi connectivity index (χ4v) is 4.08. The quantitative estimate of drug-likeness (QED) is 0.168. The van der Waals surface area contributed by atoms with Gasteiger partial charge in [0, 0.05) is 60.8 Å². The summed E-state index contributed by atoms with van der Waals surface area (Å²) in [6.45, 7) is 0. The van der Waals surface area contributed by atoms with Crippen molar-refractivity contribution in [1.29, 1.82) is 0 Å². The van der Waals surface area contributed by atoms with Crippen LogP contribution < -0.4 is 28.7 Å². The van der Waals surface area contributed by atoms with Gasteiger partial charge in [-0.2, -0.15) is 0 Å². The normalized spacial score (nSPS) is 12.0. The summed E-state index contributed by atoms with van der Waals surface area (Å²) in [6, 6.07) is 13.5. The molecule has 5 aromatic rings. The molecule has 0 unspecified atom stereocenters.